The largest absolute Gasteiger partial charge is 0.507 e. The van der Waals surface area contributed by atoms with Crippen LogP contribution in [-0.2, 0) is 4.79 Å². The number of phenols is 1. The molecule has 3 atom stereocenters. The number of ketones is 3. The third-order valence-corrected chi connectivity index (χ3v) is 6.34. The Labute approximate surface area is 167 Å². The molecule has 5 nitrogen and oxygen atoms in total. The van der Waals surface area contributed by atoms with Crippen molar-refractivity contribution < 1.29 is 19.5 Å². The van der Waals surface area contributed by atoms with E-state index < -0.39 is 17.5 Å². The van der Waals surface area contributed by atoms with Crippen LogP contribution in [0.4, 0.5) is 5.69 Å². The Morgan fingerprint density at radius 3 is 2.31 bits per heavy atom. The van der Waals surface area contributed by atoms with Crippen LogP contribution >= 0.6 is 0 Å². The number of rotatable bonds is 1. The highest BCUT2D eigenvalue weighted by Crippen LogP contribution is 2.47. The van der Waals surface area contributed by atoms with Crippen LogP contribution in [-0.4, -0.2) is 22.5 Å². The quantitative estimate of drug-likeness (QED) is 0.493. The predicted molar refractivity (Wildman–Crippen MR) is 108 cm³/mol. The Morgan fingerprint density at radius 2 is 1.59 bits per heavy atom. The maximum Gasteiger partial charge on any atom is 0.198 e. The van der Waals surface area contributed by atoms with Gasteiger partial charge in [0.1, 0.15) is 11.5 Å². The molecule has 2 aromatic rings. The van der Waals surface area contributed by atoms with Crippen molar-refractivity contribution in [3.63, 3.8) is 0 Å². The SMILES string of the molecule is Nc1c(C2C(=O)CCC3C=CC=CC32)cc(O)c2c1C(=O)c1ccccc1C2=O. The zero-order chi connectivity index (χ0) is 20.3. The number of carbonyl (C=O) groups excluding carboxylic acids is 3. The van der Waals surface area contributed by atoms with Crippen LogP contribution in [0, 0.1) is 11.8 Å². The fourth-order valence-electron chi connectivity index (χ4n) is 4.95. The minimum absolute atomic E-state index is 0.00829. The molecule has 0 spiro atoms. The fourth-order valence-corrected chi connectivity index (χ4v) is 4.95. The molecule has 5 heteroatoms. The minimum atomic E-state index is -0.550. The summed E-state index contributed by atoms with van der Waals surface area (Å²) in [6, 6.07) is 7.91. The number of nitrogen functional groups attached to an aromatic ring is 1. The molecule has 0 aromatic heterocycles. The van der Waals surface area contributed by atoms with E-state index in [2.05, 4.69) is 6.08 Å². The molecule has 0 bridgehead atoms. The van der Waals surface area contributed by atoms with Gasteiger partial charge in [0.15, 0.2) is 11.6 Å². The summed E-state index contributed by atoms with van der Waals surface area (Å²) in [5.41, 5.74) is 7.42. The molecule has 0 heterocycles. The van der Waals surface area contributed by atoms with E-state index >= 15 is 0 Å². The Hall–Kier alpha value is -3.47. The van der Waals surface area contributed by atoms with Gasteiger partial charge in [0.2, 0.25) is 0 Å². The lowest BCUT2D eigenvalue weighted by atomic mass is 9.66. The molecule has 0 saturated heterocycles. The van der Waals surface area contributed by atoms with Crippen molar-refractivity contribution in [1.82, 2.24) is 0 Å². The van der Waals surface area contributed by atoms with E-state index in [1.807, 2.05) is 18.2 Å². The van der Waals surface area contributed by atoms with Gasteiger partial charge in [-0.25, -0.2) is 0 Å². The van der Waals surface area contributed by atoms with Crippen molar-refractivity contribution >= 4 is 23.0 Å². The van der Waals surface area contributed by atoms with Crippen LogP contribution < -0.4 is 5.73 Å². The fraction of sp³-hybridized carbons (Fsp3) is 0.208. The molecular formula is C24H19NO4. The molecular weight excluding hydrogens is 366 g/mol. The summed E-state index contributed by atoms with van der Waals surface area (Å²) in [4.78, 5) is 39.0. The minimum Gasteiger partial charge on any atom is -0.507 e. The average molecular weight is 385 g/mol. The van der Waals surface area contributed by atoms with Crippen molar-refractivity contribution in [2.75, 3.05) is 5.73 Å². The lowest BCUT2D eigenvalue weighted by Crippen LogP contribution is -2.33. The number of Topliss-reactive ketones (excluding diaryl/α,β-unsaturated/α-hetero) is 1. The molecule has 3 aliphatic carbocycles. The summed E-state index contributed by atoms with van der Waals surface area (Å²) in [7, 11) is 0. The number of fused-ring (bicyclic) bond motifs is 3. The average Bonchev–Trinajstić information content (AvgIpc) is 2.73. The van der Waals surface area contributed by atoms with E-state index in [-0.39, 0.29) is 51.3 Å². The first-order valence-electron chi connectivity index (χ1n) is 9.70. The second kappa shape index (κ2) is 6.27. The summed E-state index contributed by atoms with van der Waals surface area (Å²) in [5, 5.41) is 10.7. The molecule has 1 saturated carbocycles. The highest BCUT2D eigenvalue weighted by atomic mass is 16.3. The lowest BCUT2D eigenvalue weighted by molar-refractivity contribution is -0.123. The van der Waals surface area contributed by atoms with Crippen LogP contribution in [0.3, 0.4) is 0 Å². The van der Waals surface area contributed by atoms with E-state index in [0.717, 1.165) is 6.42 Å². The smallest absolute Gasteiger partial charge is 0.198 e. The molecule has 0 aliphatic heterocycles. The summed E-state index contributed by atoms with van der Waals surface area (Å²) in [6.07, 6.45) is 9.14. The van der Waals surface area contributed by atoms with Gasteiger partial charge in [-0.15, -0.1) is 0 Å². The summed E-state index contributed by atoms with van der Waals surface area (Å²) in [5.74, 6) is -1.52. The van der Waals surface area contributed by atoms with Gasteiger partial charge in [-0.1, -0.05) is 48.6 Å². The number of aromatic hydroxyl groups is 1. The van der Waals surface area contributed by atoms with Crippen LogP contribution in [0.5, 0.6) is 5.75 Å². The second-order valence-corrected chi connectivity index (χ2v) is 7.85. The van der Waals surface area contributed by atoms with E-state index in [1.54, 1.807) is 24.3 Å². The molecule has 144 valence electrons. The van der Waals surface area contributed by atoms with Crippen molar-refractivity contribution in [1.29, 1.82) is 0 Å². The van der Waals surface area contributed by atoms with Crippen molar-refractivity contribution in [2.24, 2.45) is 11.8 Å². The number of hydrogen-bond acceptors (Lipinski definition) is 5. The second-order valence-electron chi connectivity index (χ2n) is 7.85. The first kappa shape index (κ1) is 17.6. The first-order valence-corrected chi connectivity index (χ1v) is 9.70. The van der Waals surface area contributed by atoms with E-state index in [9.17, 15) is 19.5 Å². The number of carbonyl (C=O) groups is 3. The molecule has 5 rings (SSSR count). The highest BCUT2D eigenvalue weighted by molar-refractivity contribution is 6.31. The summed E-state index contributed by atoms with van der Waals surface area (Å²) < 4.78 is 0. The molecule has 3 unspecified atom stereocenters. The third-order valence-electron chi connectivity index (χ3n) is 6.34. The van der Waals surface area contributed by atoms with Crippen LogP contribution in [0.2, 0.25) is 0 Å². The van der Waals surface area contributed by atoms with Gasteiger partial charge < -0.3 is 10.8 Å². The van der Waals surface area contributed by atoms with Gasteiger partial charge in [0, 0.05) is 23.2 Å². The Kier molecular flexibility index (Phi) is 3.81. The highest BCUT2D eigenvalue weighted by Gasteiger charge is 2.42. The predicted octanol–water partition coefficient (Wildman–Crippen LogP) is 3.55. The van der Waals surface area contributed by atoms with Gasteiger partial charge in [-0.3, -0.25) is 14.4 Å². The first-order chi connectivity index (χ1) is 14.0. The topological polar surface area (TPSA) is 97.5 Å². The Bertz CT molecular complexity index is 1160. The van der Waals surface area contributed by atoms with Crippen molar-refractivity contribution in [3.8, 4) is 5.75 Å². The zero-order valence-electron chi connectivity index (χ0n) is 15.6. The summed E-state index contributed by atoms with van der Waals surface area (Å²) >= 11 is 0. The number of phenolic OH excluding ortho intramolecular Hbond substituents is 1. The zero-order valence-corrected chi connectivity index (χ0v) is 15.6. The van der Waals surface area contributed by atoms with Gasteiger partial charge in [-0.2, -0.15) is 0 Å². The van der Waals surface area contributed by atoms with E-state index in [0.29, 0.717) is 12.0 Å². The molecule has 3 aliphatic rings. The Balaban J connectivity index is 1.71. The third kappa shape index (κ3) is 2.43. The molecule has 29 heavy (non-hydrogen) atoms. The van der Waals surface area contributed by atoms with Gasteiger partial charge in [-0.05, 0) is 29.9 Å². The maximum atomic E-state index is 13.2. The molecule has 2 aromatic carbocycles. The van der Waals surface area contributed by atoms with Gasteiger partial charge in [0.25, 0.3) is 0 Å². The molecule has 0 amide bonds. The number of hydrogen-bond donors (Lipinski definition) is 2. The van der Waals surface area contributed by atoms with Crippen molar-refractivity contribution in [3.05, 3.63) is 82.5 Å². The maximum absolute atomic E-state index is 13.2. The lowest BCUT2D eigenvalue weighted by Gasteiger charge is -2.36. The van der Waals surface area contributed by atoms with Crippen LogP contribution in [0.1, 0.15) is 56.2 Å². The normalized spacial score (nSPS) is 24.8. The molecule has 3 N–H and O–H groups in total. The number of anilines is 1. The number of allylic oxidation sites excluding steroid dienone is 4. The number of nitrogens with two attached hydrogens (primary N) is 1. The van der Waals surface area contributed by atoms with Crippen LogP contribution in [0.25, 0.3) is 0 Å². The standard InChI is InChI=1S/C24H19NO4/c25-22-16(19-13-6-2-1-5-12(13)9-10-17(19)26)11-18(27)20-21(22)24(29)15-8-4-3-7-14(15)23(20)28/h1-8,11-13,19,27H,9-10,25H2. The summed E-state index contributed by atoms with van der Waals surface area (Å²) in [6.45, 7) is 0. The van der Waals surface area contributed by atoms with E-state index in [1.165, 1.54) is 6.07 Å². The van der Waals surface area contributed by atoms with Crippen LogP contribution in [0.15, 0.2) is 54.6 Å². The monoisotopic (exact) mass is 385 g/mol. The molecule has 1 fully saturated rings. The van der Waals surface area contributed by atoms with Gasteiger partial charge in [0.05, 0.1) is 17.0 Å². The number of benzene rings is 2. The van der Waals surface area contributed by atoms with Gasteiger partial charge >= 0.3 is 0 Å². The Morgan fingerprint density at radius 1 is 0.931 bits per heavy atom. The molecule has 0 radical (unpaired) electrons. The van der Waals surface area contributed by atoms with E-state index in [4.69, 9.17) is 5.73 Å². The van der Waals surface area contributed by atoms with Crippen molar-refractivity contribution in [2.45, 2.75) is 18.8 Å².